The van der Waals surface area contributed by atoms with E-state index in [4.69, 9.17) is 4.74 Å². The molecule has 0 aromatic carbocycles. The third-order valence-corrected chi connectivity index (χ3v) is 2.11. The second kappa shape index (κ2) is 4.10. The average Bonchev–Trinajstić information content (AvgIpc) is 2.28. The quantitative estimate of drug-likeness (QED) is 0.627. The molecule has 0 saturated carbocycles. The van der Waals surface area contributed by atoms with E-state index >= 15 is 0 Å². The fraction of sp³-hybridized carbons (Fsp3) is 0.500. The number of rotatable bonds is 2. The number of ether oxygens (including phenoxy) is 1. The fourth-order valence-electron chi connectivity index (χ4n) is 1.28. The van der Waals surface area contributed by atoms with Crippen molar-refractivity contribution < 1.29 is 9.53 Å². The van der Waals surface area contributed by atoms with Crippen LogP contribution in [0.5, 0.6) is 0 Å². The average molecular weight is 166 g/mol. The molecular formula is C10H14O2. The Bertz CT molecular complexity index is 226. The van der Waals surface area contributed by atoms with Crippen LogP contribution >= 0.6 is 0 Å². The molecule has 0 aliphatic heterocycles. The highest BCUT2D eigenvalue weighted by Crippen LogP contribution is 2.18. The van der Waals surface area contributed by atoms with Crippen LogP contribution < -0.4 is 0 Å². The lowest BCUT2D eigenvalue weighted by Crippen LogP contribution is -2.07. The van der Waals surface area contributed by atoms with Crippen LogP contribution in [0.2, 0.25) is 0 Å². The zero-order valence-corrected chi connectivity index (χ0v) is 7.54. The van der Waals surface area contributed by atoms with Gasteiger partial charge in [0.1, 0.15) is 5.78 Å². The van der Waals surface area contributed by atoms with Crippen molar-refractivity contribution in [2.24, 2.45) is 5.92 Å². The highest BCUT2D eigenvalue weighted by Gasteiger charge is 2.13. The van der Waals surface area contributed by atoms with Crippen molar-refractivity contribution in [3.05, 3.63) is 24.0 Å². The number of hydrogen-bond donors (Lipinski definition) is 0. The molecular weight excluding hydrogens is 152 g/mol. The number of Topliss-reactive ketones (excluding diaryl/α,β-unsaturated/α-hetero) is 1. The number of allylic oxidation sites excluding steroid dienone is 4. The van der Waals surface area contributed by atoms with Gasteiger partial charge in [0, 0.05) is 12.3 Å². The van der Waals surface area contributed by atoms with Gasteiger partial charge in [0.15, 0.2) is 0 Å². The van der Waals surface area contributed by atoms with E-state index < -0.39 is 0 Å². The summed E-state index contributed by atoms with van der Waals surface area (Å²) in [5.41, 5.74) is 0. The van der Waals surface area contributed by atoms with E-state index in [1.807, 2.05) is 18.2 Å². The Labute approximate surface area is 72.9 Å². The van der Waals surface area contributed by atoms with Crippen molar-refractivity contribution in [2.75, 3.05) is 7.11 Å². The first-order valence-electron chi connectivity index (χ1n) is 4.16. The smallest absolute Gasteiger partial charge is 0.136 e. The largest absolute Gasteiger partial charge is 0.501 e. The molecule has 0 saturated heterocycles. The molecule has 2 heteroatoms. The molecule has 0 bridgehead atoms. The Morgan fingerprint density at radius 3 is 3.00 bits per heavy atom. The number of methoxy groups -OCH3 is 1. The zero-order valence-electron chi connectivity index (χ0n) is 7.54. The van der Waals surface area contributed by atoms with Crippen LogP contribution in [0.3, 0.4) is 0 Å². The molecule has 0 fully saturated rings. The minimum atomic E-state index is 0.0777. The van der Waals surface area contributed by atoms with E-state index in [0.717, 1.165) is 18.6 Å². The number of ketones is 1. The number of hydrogen-bond acceptors (Lipinski definition) is 2. The third kappa shape index (κ3) is 2.22. The molecule has 0 heterocycles. The van der Waals surface area contributed by atoms with Crippen molar-refractivity contribution >= 4 is 5.78 Å². The molecule has 2 nitrogen and oxygen atoms in total. The lowest BCUT2D eigenvalue weighted by Gasteiger charge is -2.07. The van der Waals surface area contributed by atoms with Crippen molar-refractivity contribution in [3.8, 4) is 0 Å². The van der Waals surface area contributed by atoms with Crippen molar-refractivity contribution in [1.29, 1.82) is 0 Å². The van der Waals surface area contributed by atoms with Crippen LogP contribution in [0.4, 0.5) is 0 Å². The van der Waals surface area contributed by atoms with Crippen LogP contribution in [0.1, 0.15) is 19.8 Å². The van der Waals surface area contributed by atoms with Gasteiger partial charge in [0.25, 0.3) is 0 Å². The molecule has 1 aliphatic carbocycles. The summed E-state index contributed by atoms with van der Waals surface area (Å²) in [4.78, 5) is 11.0. The fourth-order valence-corrected chi connectivity index (χ4v) is 1.28. The molecule has 66 valence electrons. The maximum Gasteiger partial charge on any atom is 0.136 e. The zero-order chi connectivity index (χ0) is 8.97. The Balaban J connectivity index is 2.58. The van der Waals surface area contributed by atoms with Crippen LogP contribution in [0, 0.1) is 5.92 Å². The summed E-state index contributed by atoms with van der Waals surface area (Å²) in [6.07, 6.45) is 7.48. The molecule has 0 N–H and O–H groups in total. The first-order valence-corrected chi connectivity index (χ1v) is 4.16. The molecule has 0 aromatic rings. The normalized spacial score (nSPS) is 22.8. The van der Waals surface area contributed by atoms with E-state index in [-0.39, 0.29) is 11.7 Å². The monoisotopic (exact) mass is 166 g/mol. The lowest BCUT2D eigenvalue weighted by molar-refractivity contribution is -0.119. The molecule has 0 amide bonds. The summed E-state index contributed by atoms with van der Waals surface area (Å²) in [7, 11) is 1.66. The second-order valence-corrected chi connectivity index (χ2v) is 2.98. The predicted octanol–water partition coefficient (Wildman–Crippen LogP) is 2.07. The minimum absolute atomic E-state index is 0.0777. The maximum atomic E-state index is 11.0. The summed E-state index contributed by atoms with van der Waals surface area (Å²) < 4.78 is 5.10. The van der Waals surface area contributed by atoms with Gasteiger partial charge >= 0.3 is 0 Å². The molecule has 0 radical (unpaired) electrons. The summed E-state index contributed by atoms with van der Waals surface area (Å²) in [6, 6.07) is 0. The summed E-state index contributed by atoms with van der Waals surface area (Å²) in [6.45, 7) is 1.63. The summed E-state index contributed by atoms with van der Waals surface area (Å²) in [5, 5.41) is 0. The van der Waals surface area contributed by atoms with Crippen LogP contribution in [-0.2, 0) is 9.53 Å². The van der Waals surface area contributed by atoms with E-state index in [2.05, 4.69) is 0 Å². The third-order valence-electron chi connectivity index (χ3n) is 2.11. The molecule has 0 aromatic heterocycles. The van der Waals surface area contributed by atoms with Gasteiger partial charge in [-0.15, -0.1) is 0 Å². The first kappa shape index (κ1) is 9.04. The van der Waals surface area contributed by atoms with E-state index in [0.29, 0.717) is 0 Å². The van der Waals surface area contributed by atoms with Gasteiger partial charge in [-0.1, -0.05) is 12.2 Å². The molecule has 1 rings (SSSR count). The first-order chi connectivity index (χ1) is 5.74. The molecule has 1 unspecified atom stereocenters. The summed E-state index contributed by atoms with van der Waals surface area (Å²) in [5.74, 6) is 1.26. The van der Waals surface area contributed by atoms with E-state index in [1.54, 1.807) is 14.0 Å². The van der Waals surface area contributed by atoms with Gasteiger partial charge in [-0.05, 0) is 19.4 Å². The van der Waals surface area contributed by atoms with Crippen molar-refractivity contribution in [1.82, 2.24) is 0 Å². The summed E-state index contributed by atoms with van der Waals surface area (Å²) >= 11 is 0. The number of carbonyl (C=O) groups is 1. The topological polar surface area (TPSA) is 26.3 Å². The Kier molecular flexibility index (Phi) is 3.09. The minimum Gasteiger partial charge on any atom is -0.501 e. The van der Waals surface area contributed by atoms with Gasteiger partial charge in [-0.3, -0.25) is 4.79 Å². The Morgan fingerprint density at radius 1 is 1.67 bits per heavy atom. The number of carbonyl (C=O) groups excluding carboxylic acids is 1. The Morgan fingerprint density at radius 2 is 2.42 bits per heavy atom. The van der Waals surface area contributed by atoms with Gasteiger partial charge in [-0.2, -0.15) is 0 Å². The van der Waals surface area contributed by atoms with Gasteiger partial charge in [-0.25, -0.2) is 0 Å². The van der Waals surface area contributed by atoms with E-state index in [1.165, 1.54) is 0 Å². The van der Waals surface area contributed by atoms with Crippen molar-refractivity contribution in [2.45, 2.75) is 19.8 Å². The molecule has 12 heavy (non-hydrogen) atoms. The maximum absolute atomic E-state index is 11.0. The lowest BCUT2D eigenvalue weighted by atomic mass is 10.00. The van der Waals surface area contributed by atoms with Crippen LogP contribution in [0.15, 0.2) is 24.0 Å². The SMILES string of the molecule is COC1=CC=CC(C(C)=O)CC1. The van der Waals surface area contributed by atoms with Gasteiger partial charge in [0.05, 0.1) is 12.9 Å². The van der Waals surface area contributed by atoms with Crippen LogP contribution in [-0.4, -0.2) is 12.9 Å². The second-order valence-electron chi connectivity index (χ2n) is 2.98. The van der Waals surface area contributed by atoms with E-state index in [9.17, 15) is 4.79 Å². The van der Waals surface area contributed by atoms with Gasteiger partial charge < -0.3 is 4.74 Å². The predicted molar refractivity (Wildman–Crippen MR) is 47.6 cm³/mol. The Hall–Kier alpha value is -1.05. The highest BCUT2D eigenvalue weighted by atomic mass is 16.5. The van der Waals surface area contributed by atoms with Gasteiger partial charge in [0.2, 0.25) is 0 Å². The van der Waals surface area contributed by atoms with Crippen LogP contribution in [0.25, 0.3) is 0 Å². The molecule has 1 aliphatic rings. The highest BCUT2D eigenvalue weighted by molar-refractivity contribution is 5.80. The molecule has 1 atom stereocenters. The molecule has 0 spiro atoms. The standard InChI is InChI=1S/C10H14O2/c1-8(11)9-4-3-5-10(12-2)7-6-9/h3-5,9H,6-7H2,1-2H3. The van der Waals surface area contributed by atoms with Crippen molar-refractivity contribution in [3.63, 3.8) is 0 Å².